The van der Waals surface area contributed by atoms with Crippen LogP contribution in [0.3, 0.4) is 0 Å². The van der Waals surface area contributed by atoms with Crippen LogP contribution >= 0.6 is 0 Å². The second-order valence-corrected chi connectivity index (χ2v) is 8.34. The molecule has 2 aliphatic rings. The standard InChI is InChI=1S/C18H20N4O5S/c19-12-18(8-3-4-9-18)21-15(23)11-27-16(24)7-10-20-17-13-5-1-2-6-14(13)28(25,26)22-17/h1-2,5-6H,3-4,7-11H2,(H,20,22)(H,21,23). The number of esters is 1. The molecule has 0 aromatic heterocycles. The lowest BCUT2D eigenvalue weighted by Crippen LogP contribution is -2.46. The van der Waals surface area contributed by atoms with Crippen LogP contribution in [0.15, 0.2) is 34.2 Å². The van der Waals surface area contributed by atoms with Gasteiger partial charge in [-0.3, -0.25) is 19.3 Å². The van der Waals surface area contributed by atoms with Crippen molar-refractivity contribution in [1.82, 2.24) is 10.0 Å². The molecule has 0 bridgehead atoms. The number of amides is 1. The zero-order chi connectivity index (χ0) is 20.2. The molecule has 148 valence electrons. The largest absolute Gasteiger partial charge is 0.456 e. The molecule has 1 heterocycles. The second kappa shape index (κ2) is 7.98. The van der Waals surface area contributed by atoms with Crippen LogP contribution in [0.5, 0.6) is 0 Å². The molecule has 1 fully saturated rings. The number of nitriles is 1. The van der Waals surface area contributed by atoms with Crippen LogP contribution in [-0.2, 0) is 24.3 Å². The van der Waals surface area contributed by atoms with Crippen LogP contribution in [0, 0.1) is 11.3 Å². The van der Waals surface area contributed by atoms with E-state index < -0.39 is 34.0 Å². The molecular weight excluding hydrogens is 384 g/mol. The number of nitrogens with one attached hydrogen (secondary N) is 2. The lowest BCUT2D eigenvalue weighted by molar-refractivity contribution is -0.148. The first-order valence-electron chi connectivity index (χ1n) is 8.90. The second-order valence-electron chi connectivity index (χ2n) is 6.69. The molecule has 9 nitrogen and oxygen atoms in total. The number of aliphatic imine (C=N–C) groups is 1. The van der Waals surface area contributed by atoms with E-state index in [4.69, 9.17) is 4.74 Å². The fraction of sp³-hybridized carbons (Fsp3) is 0.444. The van der Waals surface area contributed by atoms with E-state index in [1.165, 1.54) is 6.07 Å². The fourth-order valence-electron chi connectivity index (χ4n) is 3.27. The quantitative estimate of drug-likeness (QED) is 0.666. The number of amidine groups is 1. The number of fused-ring (bicyclic) bond motifs is 1. The minimum Gasteiger partial charge on any atom is -0.456 e. The Hall–Kier alpha value is -2.93. The summed E-state index contributed by atoms with van der Waals surface area (Å²) in [6.07, 6.45) is 2.84. The van der Waals surface area contributed by atoms with E-state index in [2.05, 4.69) is 21.1 Å². The topological polar surface area (TPSA) is 138 Å². The number of benzene rings is 1. The number of sulfonamides is 1. The van der Waals surface area contributed by atoms with E-state index in [-0.39, 0.29) is 23.7 Å². The monoisotopic (exact) mass is 404 g/mol. The van der Waals surface area contributed by atoms with Gasteiger partial charge in [0.1, 0.15) is 11.4 Å². The van der Waals surface area contributed by atoms with Crippen molar-refractivity contribution in [2.45, 2.75) is 42.5 Å². The summed E-state index contributed by atoms with van der Waals surface area (Å²) in [6, 6.07) is 8.55. The summed E-state index contributed by atoms with van der Waals surface area (Å²) < 4.78 is 31.2. The zero-order valence-corrected chi connectivity index (χ0v) is 15.9. The predicted octanol–water partition coefficient (Wildman–Crippen LogP) is 0.611. The summed E-state index contributed by atoms with van der Waals surface area (Å²) in [4.78, 5) is 28.0. The van der Waals surface area contributed by atoms with E-state index >= 15 is 0 Å². The van der Waals surface area contributed by atoms with Crippen LogP contribution in [-0.4, -0.2) is 44.8 Å². The summed E-state index contributed by atoms with van der Waals surface area (Å²) in [5.41, 5.74) is -0.406. The number of ether oxygens (including phenoxy) is 1. The van der Waals surface area contributed by atoms with Gasteiger partial charge in [0.2, 0.25) is 0 Å². The lowest BCUT2D eigenvalue weighted by Gasteiger charge is -2.21. The Morgan fingerprint density at radius 2 is 2.00 bits per heavy atom. The van der Waals surface area contributed by atoms with Gasteiger partial charge in [0.25, 0.3) is 15.9 Å². The molecule has 1 aromatic carbocycles. The van der Waals surface area contributed by atoms with Gasteiger partial charge in [-0.05, 0) is 37.8 Å². The van der Waals surface area contributed by atoms with Crippen LogP contribution < -0.4 is 10.0 Å². The maximum atomic E-state index is 12.0. The molecule has 1 aromatic rings. The molecule has 2 N–H and O–H groups in total. The minimum absolute atomic E-state index is 0.00870. The van der Waals surface area contributed by atoms with Gasteiger partial charge in [0, 0.05) is 5.56 Å². The molecule has 10 heteroatoms. The SMILES string of the molecule is N#CC1(NC(=O)COC(=O)CCN=C2NS(=O)(=O)c3ccccc32)CCCC1. The van der Waals surface area contributed by atoms with Gasteiger partial charge in [0.15, 0.2) is 6.61 Å². The van der Waals surface area contributed by atoms with Crippen LogP contribution in [0.1, 0.15) is 37.7 Å². The molecule has 3 rings (SSSR count). The van der Waals surface area contributed by atoms with Gasteiger partial charge >= 0.3 is 5.97 Å². The highest BCUT2D eigenvalue weighted by Crippen LogP contribution is 2.28. The molecule has 1 aliphatic heterocycles. The van der Waals surface area contributed by atoms with Crippen LogP contribution in [0.25, 0.3) is 0 Å². The Labute approximate surface area is 162 Å². The Kier molecular flexibility index (Phi) is 5.65. The van der Waals surface area contributed by atoms with Gasteiger partial charge < -0.3 is 10.1 Å². The third-order valence-corrected chi connectivity index (χ3v) is 6.06. The Balaban J connectivity index is 1.47. The third kappa shape index (κ3) is 4.31. The Morgan fingerprint density at radius 3 is 2.71 bits per heavy atom. The fourth-order valence-corrected chi connectivity index (χ4v) is 4.53. The highest BCUT2D eigenvalue weighted by Gasteiger charge is 2.35. The van der Waals surface area contributed by atoms with Crippen molar-refractivity contribution in [3.8, 4) is 6.07 Å². The molecule has 0 spiro atoms. The molecule has 28 heavy (non-hydrogen) atoms. The van der Waals surface area contributed by atoms with Crippen LogP contribution in [0.4, 0.5) is 0 Å². The van der Waals surface area contributed by atoms with Crippen molar-refractivity contribution in [3.63, 3.8) is 0 Å². The normalized spacial score (nSPS) is 20.0. The van der Waals surface area contributed by atoms with Gasteiger partial charge in [-0.25, -0.2) is 8.42 Å². The predicted molar refractivity (Wildman–Crippen MR) is 98.7 cm³/mol. The summed E-state index contributed by atoms with van der Waals surface area (Å²) >= 11 is 0. The summed E-state index contributed by atoms with van der Waals surface area (Å²) in [5, 5.41) is 11.9. The number of carbonyl (C=O) groups excluding carboxylic acids is 2. The van der Waals surface area contributed by atoms with Crippen molar-refractivity contribution in [3.05, 3.63) is 29.8 Å². The average molecular weight is 404 g/mol. The maximum absolute atomic E-state index is 12.0. The number of hydrogen-bond donors (Lipinski definition) is 2. The smallest absolute Gasteiger partial charge is 0.308 e. The van der Waals surface area contributed by atoms with E-state index in [9.17, 15) is 23.3 Å². The Bertz CT molecular complexity index is 958. The molecule has 1 saturated carbocycles. The summed E-state index contributed by atoms with van der Waals surface area (Å²) in [7, 11) is -3.62. The summed E-state index contributed by atoms with van der Waals surface area (Å²) in [6.45, 7) is -0.455. The van der Waals surface area contributed by atoms with E-state index in [1.807, 2.05) is 0 Å². The van der Waals surface area contributed by atoms with Crippen molar-refractivity contribution in [2.75, 3.05) is 13.2 Å². The molecule has 0 atom stereocenters. The molecule has 1 aliphatic carbocycles. The van der Waals surface area contributed by atoms with Gasteiger partial charge in [-0.1, -0.05) is 12.1 Å². The lowest BCUT2D eigenvalue weighted by atomic mass is 10.00. The number of nitrogens with zero attached hydrogens (tertiary/aromatic N) is 2. The first-order chi connectivity index (χ1) is 13.4. The number of carbonyl (C=O) groups is 2. The van der Waals surface area contributed by atoms with Gasteiger partial charge in [-0.15, -0.1) is 0 Å². The van der Waals surface area contributed by atoms with Gasteiger partial charge in [0.05, 0.1) is 23.9 Å². The van der Waals surface area contributed by atoms with Crippen LogP contribution in [0.2, 0.25) is 0 Å². The maximum Gasteiger partial charge on any atom is 0.308 e. The van der Waals surface area contributed by atoms with Crippen molar-refractivity contribution < 1.29 is 22.7 Å². The number of rotatable bonds is 6. The minimum atomic E-state index is -3.62. The number of hydrogen-bond acceptors (Lipinski definition) is 7. The molecular formula is C18H20N4O5S. The zero-order valence-electron chi connectivity index (χ0n) is 15.1. The average Bonchev–Trinajstić information content (AvgIpc) is 3.24. The van der Waals surface area contributed by atoms with E-state index in [0.29, 0.717) is 18.4 Å². The molecule has 0 radical (unpaired) electrons. The highest BCUT2D eigenvalue weighted by molar-refractivity contribution is 7.90. The first-order valence-corrected chi connectivity index (χ1v) is 10.4. The van der Waals surface area contributed by atoms with Gasteiger partial charge in [-0.2, -0.15) is 5.26 Å². The molecule has 1 amide bonds. The molecule has 0 saturated heterocycles. The van der Waals surface area contributed by atoms with E-state index in [1.54, 1.807) is 18.2 Å². The highest BCUT2D eigenvalue weighted by atomic mass is 32.2. The first kappa shape index (κ1) is 19.8. The Morgan fingerprint density at radius 1 is 1.29 bits per heavy atom. The van der Waals surface area contributed by atoms with Crippen molar-refractivity contribution in [1.29, 1.82) is 5.26 Å². The van der Waals surface area contributed by atoms with Crippen molar-refractivity contribution in [2.24, 2.45) is 4.99 Å². The van der Waals surface area contributed by atoms with E-state index in [0.717, 1.165) is 12.8 Å². The van der Waals surface area contributed by atoms with Crippen molar-refractivity contribution >= 4 is 27.7 Å². The third-order valence-electron chi connectivity index (χ3n) is 4.66. The summed E-state index contributed by atoms with van der Waals surface area (Å²) in [5.74, 6) is -0.968. The molecule has 0 unspecified atom stereocenters.